The fourth-order valence-electron chi connectivity index (χ4n) is 2.52. The Bertz CT molecular complexity index is 292. The number of hydrogen-bond donors (Lipinski definition) is 2. The van der Waals surface area contributed by atoms with Crippen molar-refractivity contribution in [1.82, 2.24) is 15.1 Å². The third kappa shape index (κ3) is 5.37. The summed E-state index contributed by atoms with van der Waals surface area (Å²) in [5.74, 6) is 1.21. The van der Waals surface area contributed by atoms with Crippen LogP contribution in [0, 0.1) is 5.92 Å². The van der Waals surface area contributed by atoms with E-state index in [0.717, 1.165) is 13.1 Å². The molecule has 110 valence electrons. The maximum Gasteiger partial charge on any atom is 0.188 e. The zero-order chi connectivity index (χ0) is 13.7. The standard InChI is InChI=1S/C14H29N5/c1-3-18-6-8-19(9-7-18)11-12(2)10-16-14(15)17-13-4-5-13/h12-13H,3-11H2,1-2H3,(H3,15,16,17). The van der Waals surface area contributed by atoms with Gasteiger partial charge in [0.1, 0.15) is 0 Å². The fourth-order valence-corrected chi connectivity index (χ4v) is 2.52. The van der Waals surface area contributed by atoms with Crippen LogP contribution >= 0.6 is 0 Å². The van der Waals surface area contributed by atoms with Crippen LogP contribution in [-0.2, 0) is 0 Å². The molecule has 1 saturated carbocycles. The molecule has 0 aromatic carbocycles. The summed E-state index contributed by atoms with van der Waals surface area (Å²) in [7, 11) is 0. The van der Waals surface area contributed by atoms with Crippen LogP contribution in [0.2, 0.25) is 0 Å². The van der Waals surface area contributed by atoms with Gasteiger partial charge in [0.05, 0.1) is 0 Å². The summed E-state index contributed by atoms with van der Waals surface area (Å²) < 4.78 is 0. The van der Waals surface area contributed by atoms with E-state index in [1.54, 1.807) is 0 Å². The van der Waals surface area contributed by atoms with E-state index < -0.39 is 0 Å². The predicted molar refractivity (Wildman–Crippen MR) is 80.4 cm³/mol. The van der Waals surface area contributed by atoms with Gasteiger partial charge in [-0.1, -0.05) is 13.8 Å². The van der Waals surface area contributed by atoms with Gasteiger partial charge in [0, 0.05) is 45.3 Å². The van der Waals surface area contributed by atoms with E-state index in [1.165, 1.54) is 45.6 Å². The first-order chi connectivity index (χ1) is 9.17. The van der Waals surface area contributed by atoms with Crippen LogP contribution in [0.4, 0.5) is 0 Å². The molecule has 1 atom stereocenters. The quantitative estimate of drug-likeness (QED) is 0.538. The molecule has 1 saturated heterocycles. The Hall–Kier alpha value is -0.810. The highest BCUT2D eigenvalue weighted by Gasteiger charge is 2.21. The molecular weight excluding hydrogens is 238 g/mol. The minimum absolute atomic E-state index is 0.577. The normalized spacial score (nSPS) is 24.4. The molecule has 5 nitrogen and oxygen atoms in total. The molecule has 0 amide bonds. The molecular formula is C14H29N5. The Labute approximate surface area is 117 Å². The lowest BCUT2D eigenvalue weighted by atomic mass is 10.1. The second kappa shape index (κ2) is 7.10. The van der Waals surface area contributed by atoms with Crippen molar-refractivity contribution >= 4 is 5.96 Å². The van der Waals surface area contributed by atoms with E-state index >= 15 is 0 Å². The first-order valence-corrected chi connectivity index (χ1v) is 7.68. The molecule has 1 unspecified atom stereocenters. The third-order valence-corrected chi connectivity index (χ3v) is 3.98. The number of hydrogen-bond acceptors (Lipinski definition) is 3. The monoisotopic (exact) mass is 267 g/mol. The van der Waals surface area contributed by atoms with Crippen molar-refractivity contribution in [2.45, 2.75) is 32.7 Å². The predicted octanol–water partition coefficient (Wildman–Crippen LogP) is 0.327. The van der Waals surface area contributed by atoms with Gasteiger partial charge in [0.15, 0.2) is 5.96 Å². The Kier molecular flexibility index (Phi) is 5.45. The molecule has 0 spiro atoms. The number of guanidine groups is 1. The van der Waals surface area contributed by atoms with Crippen molar-refractivity contribution in [2.24, 2.45) is 16.6 Å². The largest absolute Gasteiger partial charge is 0.370 e. The van der Waals surface area contributed by atoms with E-state index in [-0.39, 0.29) is 0 Å². The summed E-state index contributed by atoms with van der Waals surface area (Å²) in [6.45, 7) is 12.4. The number of aliphatic imine (C=N–C) groups is 1. The first-order valence-electron chi connectivity index (χ1n) is 7.68. The minimum atomic E-state index is 0.577. The summed E-state index contributed by atoms with van der Waals surface area (Å²) in [6, 6.07) is 0.598. The van der Waals surface area contributed by atoms with Gasteiger partial charge in [-0.2, -0.15) is 0 Å². The zero-order valence-electron chi connectivity index (χ0n) is 12.4. The molecule has 3 N–H and O–H groups in total. The molecule has 19 heavy (non-hydrogen) atoms. The van der Waals surface area contributed by atoms with Gasteiger partial charge in [0.25, 0.3) is 0 Å². The molecule has 1 aliphatic heterocycles. The van der Waals surface area contributed by atoms with Crippen LogP contribution in [-0.4, -0.2) is 67.6 Å². The number of nitrogens with two attached hydrogens (primary N) is 1. The second-order valence-electron chi connectivity index (χ2n) is 5.98. The summed E-state index contributed by atoms with van der Waals surface area (Å²) in [6.07, 6.45) is 2.49. The van der Waals surface area contributed by atoms with Gasteiger partial charge < -0.3 is 20.9 Å². The van der Waals surface area contributed by atoms with Crippen LogP contribution < -0.4 is 11.1 Å². The van der Waals surface area contributed by atoms with Gasteiger partial charge in [-0.25, -0.2) is 0 Å². The van der Waals surface area contributed by atoms with E-state index in [2.05, 4.69) is 34.0 Å². The molecule has 2 fully saturated rings. The highest BCUT2D eigenvalue weighted by atomic mass is 15.3. The maximum atomic E-state index is 5.85. The van der Waals surface area contributed by atoms with Gasteiger partial charge >= 0.3 is 0 Å². The maximum absolute atomic E-state index is 5.85. The zero-order valence-corrected chi connectivity index (χ0v) is 12.4. The SMILES string of the molecule is CCN1CCN(CC(C)CN=C(N)NC2CC2)CC1. The van der Waals surface area contributed by atoms with Gasteiger partial charge in [-0.15, -0.1) is 0 Å². The average Bonchev–Trinajstić information content (AvgIpc) is 3.21. The summed E-state index contributed by atoms with van der Waals surface area (Å²) >= 11 is 0. The fraction of sp³-hybridized carbons (Fsp3) is 0.929. The third-order valence-electron chi connectivity index (χ3n) is 3.98. The van der Waals surface area contributed by atoms with E-state index in [4.69, 9.17) is 5.73 Å². The van der Waals surface area contributed by atoms with E-state index in [9.17, 15) is 0 Å². The van der Waals surface area contributed by atoms with Crippen LogP contribution in [0.1, 0.15) is 26.7 Å². The summed E-state index contributed by atoms with van der Waals surface area (Å²) in [5, 5.41) is 3.23. The van der Waals surface area contributed by atoms with Crippen LogP contribution in [0.3, 0.4) is 0 Å². The Morgan fingerprint density at radius 2 is 1.89 bits per heavy atom. The lowest BCUT2D eigenvalue weighted by Crippen LogP contribution is -2.47. The van der Waals surface area contributed by atoms with E-state index in [0.29, 0.717) is 17.9 Å². The van der Waals surface area contributed by atoms with Crippen LogP contribution in [0.15, 0.2) is 4.99 Å². The van der Waals surface area contributed by atoms with Crippen LogP contribution in [0.5, 0.6) is 0 Å². The number of nitrogens with one attached hydrogen (secondary N) is 1. The minimum Gasteiger partial charge on any atom is -0.370 e. The number of nitrogens with zero attached hydrogens (tertiary/aromatic N) is 3. The smallest absolute Gasteiger partial charge is 0.188 e. The molecule has 0 aromatic heterocycles. The van der Waals surface area contributed by atoms with Gasteiger partial charge in [-0.05, 0) is 25.3 Å². The molecule has 2 aliphatic rings. The molecule has 1 aliphatic carbocycles. The van der Waals surface area contributed by atoms with Gasteiger partial charge in [-0.3, -0.25) is 4.99 Å². The van der Waals surface area contributed by atoms with Crippen molar-refractivity contribution in [2.75, 3.05) is 45.8 Å². The molecule has 5 heteroatoms. The summed E-state index contributed by atoms with van der Waals surface area (Å²) in [5.41, 5.74) is 5.85. The second-order valence-corrected chi connectivity index (χ2v) is 5.98. The molecule has 0 radical (unpaired) electrons. The Balaban J connectivity index is 1.62. The number of rotatable bonds is 6. The molecule has 0 bridgehead atoms. The van der Waals surface area contributed by atoms with E-state index in [1.807, 2.05) is 0 Å². The molecule has 1 heterocycles. The van der Waals surface area contributed by atoms with Crippen LogP contribution in [0.25, 0.3) is 0 Å². The highest BCUT2D eigenvalue weighted by molar-refractivity contribution is 5.78. The van der Waals surface area contributed by atoms with Crippen molar-refractivity contribution in [3.8, 4) is 0 Å². The molecule has 0 aromatic rings. The molecule has 2 rings (SSSR count). The first kappa shape index (κ1) is 14.6. The van der Waals surface area contributed by atoms with Crippen molar-refractivity contribution in [1.29, 1.82) is 0 Å². The topological polar surface area (TPSA) is 56.9 Å². The number of likely N-dealkylation sites (N-methyl/N-ethyl adjacent to an activating group) is 1. The highest BCUT2D eigenvalue weighted by Crippen LogP contribution is 2.18. The Morgan fingerprint density at radius 1 is 1.26 bits per heavy atom. The average molecular weight is 267 g/mol. The van der Waals surface area contributed by atoms with Crippen molar-refractivity contribution in [3.05, 3.63) is 0 Å². The lowest BCUT2D eigenvalue weighted by Gasteiger charge is -2.35. The van der Waals surface area contributed by atoms with Gasteiger partial charge in [0.2, 0.25) is 0 Å². The van der Waals surface area contributed by atoms with Crippen molar-refractivity contribution < 1.29 is 0 Å². The summed E-state index contributed by atoms with van der Waals surface area (Å²) in [4.78, 5) is 9.51. The number of piperazine rings is 1. The van der Waals surface area contributed by atoms with Crippen molar-refractivity contribution in [3.63, 3.8) is 0 Å². The lowest BCUT2D eigenvalue weighted by molar-refractivity contribution is 0.125. The Morgan fingerprint density at radius 3 is 2.47 bits per heavy atom.